The normalized spacial score (nSPS) is 18.3. The van der Waals surface area contributed by atoms with Gasteiger partial charge in [-0.2, -0.15) is 0 Å². The van der Waals surface area contributed by atoms with Crippen LogP contribution in [0.3, 0.4) is 0 Å². The zero-order valence-corrected chi connectivity index (χ0v) is 41.6. The first-order valence-electron chi connectivity index (χ1n) is 22.6. The first kappa shape index (κ1) is 53.1. The van der Waals surface area contributed by atoms with Crippen molar-refractivity contribution in [1.82, 2.24) is 31.3 Å². The summed E-state index contributed by atoms with van der Waals surface area (Å²) in [6.45, 7) is 8.02. The van der Waals surface area contributed by atoms with Crippen molar-refractivity contribution in [3.8, 4) is 10.4 Å². The number of β-amino-alcohol motifs (C(OH)–C–C–N with tert-alkyl or cyclic N) is 1. The van der Waals surface area contributed by atoms with E-state index in [9.17, 15) is 46.6 Å². The Bertz CT molecular complexity index is 2520. The van der Waals surface area contributed by atoms with Gasteiger partial charge in [0.15, 0.2) is 17.3 Å². The number of anilines is 2. The van der Waals surface area contributed by atoms with Crippen molar-refractivity contribution in [3.05, 3.63) is 98.0 Å². The van der Waals surface area contributed by atoms with Gasteiger partial charge in [0, 0.05) is 35.4 Å². The molecular weight excluding hydrogens is 1040 g/mol. The van der Waals surface area contributed by atoms with Crippen LogP contribution in [0.15, 0.2) is 60.1 Å². The molecule has 1 aliphatic carbocycles. The number of carbonyl (C=O) groups excluding carboxylic acids is 5. The SMILES string of the molecule is Cc1ncsc1-c1ccc([C@H](CC(=O)NCCCCNCCCONC(=O)c2ccc(F)c(F)c2Nc2ccc(I)cc2F)C2(C(N)=O)CC(O)CN2C(=O)C(NC(=O)C2(F)CC2)C(C)(C)C)cc1. The molecular formula is C48H57F4IN8O7S. The van der Waals surface area contributed by atoms with Gasteiger partial charge in [0.25, 0.3) is 11.8 Å². The summed E-state index contributed by atoms with van der Waals surface area (Å²) < 4.78 is 58.8. The van der Waals surface area contributed by atoms with Gasteiger partial charge in [-0.25, -0.2) is 28.0 Å². The summed E-state index contributed by atoms with van der Waals surface area (Å²) in [6.07, 6.45) is -0.0924. The van der Waals surface area contributed by atoms with Crippen LogP contribution in [0.25, 0.3) is 10.4 Å². The summed E-state index contributed by atoms with van der Waals surface area (Å²) in [5.74, 6) is -8.28. The predicted octanol–water partition coefficient (Wildman–Crippen LogP) is 6.45. The average molecular weight is 1090 g/mol. The van der Waals surface area contributed by atoms with Crippen molar-refractivity contribution in [2.24, 2.45) is 11.1 Å². The molecule has 1 saturated carbocycles. The molecule has 1 aliphatic heterocycles. The standard InChI is InChI=1S/C48H57F4IN8O7S/c1-27-40(69-26-57-27)29-10-8-28(9-11-29)33(48(44(54)66)24-31(62)25-61(48)43(65)41(46(2,3)4)59-45(67)47(52)16-17-47)23-37(63)56-20-6-5-18-55-19-7-21-68-60-42(64)32-13-14-34(49)38(51)39(32)58-36-15-12-30(53)22-35(36)50/h8-15,22,26,31,33,41,55,58,62H,5-7,16-21,23-25H2,1-4H3,(H2,54,66)(H,56,63)(H,59,67)(H,60,64)/t31?,33-,41?,48?/m0/s1. The van der Waals surface area contributed by atoms with Crippen LogP contribution in [0.5, 0.6) is 0 Å². The Hall–Kier alpha value is -5.23. The van der Waals surface area contributed by atoms with Crippen LogP contribution in [0.1, 0.15) is 93.3 Å². The number of unbranched alkanes of at least 4 members (excludes halogenated alkanes) is 1. The second-order valence-corrected chi connectivity index (χ2v) is 20.6. The van der Waals surface area contributed by atoms with Crippen LogP contribution in [0, 0.1) is 33.4 Å². The number of likely N-dealkylation sites (tertiary alicyclic amines) is 1. The number of thiazole rings is 1. The van der Waals surface area contributed by atoms with Crippen molar-refractivity contribution in [3.63, 3.8) is 0 Å². The van der Waals surface area contributed by atoms with Crippen LogP contribution in [0.4, 0.5) is 28.9 Å². The van der Waals surface area contributed by atoms with Gasteiger partial charge >= 0.3 is 0 Å². The van der Waals surface area contributed by atoms with E-state index < -0.39 is 87.4 Å². The number of hydrogen-bond acceptors (Lipinski definition) is 11. The smallest absolute Gasteiger partial charge is 0.277 e. The van der Waals surface area contributed by atoms with Crippen molar-refractivity contribution >= 4 is 74.8 Å². The summed E-state index contributed by atoms with van der Waals surface area (Å²) >= 11 is 3.35. The van der Waals surface area contributed by atoms with Gasteiger partial charge in [-0.15, -0.1) is 11.3 Å². The molecule has 2 aliphatic rings. The zero-order valence-electron chi connectivity index (χ0n) is 38.7. The molecule has 6 rings (SSSR count). The summed E-state index contributed by atoms with van der Waals surface area (Å²) in [7, 11) is 0. The molecule has 5 amide bonds. The molecule has 1 aromatic heterocycles. The van der Waals surface area contributed by atoms with Crippen LogP contribution >= 0.6 is 33.9 Å². The fourth-order valence-electron chi connectivity index (χ4n) is 8.35. The Labute approximate surface area is 415 Å². The molecule has 69 heavy (non-hydrogen) atoms. The summed E-state index contributed by atoms with van der Waals surface area (Å²) in [5, 5.41) is 22.4. The van der Waals surface area contributed by atoms with Gasteiger partial charge in [-0.3, -0.25) is 28.8 Å². The Morgan fingerprint density at radius 2 is 1.68 bits per heavy atom. The Morgan fingerprint density at radius 1 is 0.986 bits per heavy atom. The number of halogens is 5. The Morgan fingerprint density at radius 3 is 2.32 bits per heavy atom. The number of hydroxylamine groups is 1. The van der Waals surface area contributed by atoms with E-state index in [4.69, 9.17) is 10.6 Å². The van der Waals surface area contributed by atoms with Crippen molar-refractivity contribution in [2.75, 3.05) is 38.1 Å². The number of aromatic nitrogens is 1. The maximum Gasteiger partial charge on any atom is 0.277 e. The minimum absolute atomic E-state index is 0.0232. The molecule has 4 atom stereocenters. The molecule has 4 aromatic rings. The van der Waals surface area contributed by atoms with Crippen LogP contribution in [0.2, 0.25) is 0 Å². The van der Waals surface area contributed by atoms with Crippen molar-refractivity contribution in [1.29, 1.82) is 0 Å². The van der Waals surface area contributed by atoms with Gasteiger partial charge < -0.3 is 37.0 Å². The van der Waals surface area contributed by atoms with Crippen LogP contribution < -0.4 is 32.5 Å². The fraction of sp³-hybridized carbons (Fsp3) is 0.458. The topological polar surface area (TPSA) is 217 Å². The van der Waals surface area contributed by atoms with E-state index in [1.165, 1.54) is 28.4 Å². The highest BCUT2D eigenvalue weighted by molar-refractivity contribution is 14.1. The summed E-state index contributed by atoms with van der Waals surface area (Å²) in [5.41, 5.74) is 6.37. The van der Waals surface area contributed by atoms with Gasteiger partial charge in [-0.05, 0) is 122 Å². The van der Waals surface area contributed by atoms with Crippen molar-refractivity contribution < 1.29 is 51.5 Å². The molecule has 1 saturated heterocycles. The molecule has 0 bridgehead atoms. The highest BCUT2D eigenvalue weighted by Crippen LogP contribution is 2.46. The molecule has 21 heteroatoms. The predicted molar refractivity (Wildman–Crippen MR) is 260 cm³/mol. The van der Waals surface area contributed by atoms with Crippen molar-refractivity contribution in [2.45, 2.75) is 102 Å². The second-order valence-electron chi connectivity index (χ2n) is 18.5. The number of primary amides is 1. The van der Waals surface area contributed by atoms with E-state index in [2.05, 4.69) is 31.7 Å². The number of aryl methyl sites for hydroxylation is 1. The van der Waals surface area contributed by atoms with Gasteiger partial charge in [0.2, 0.25) is 17.7 Å². The fourth-order valence-corrected chi connectivity index (χ4v) is 9.62. The summed E-state index contributed by atoms with van der Waals surface area (Å²) in [4.78, 5) is 80.0. The minimum Gasteiger partial charge on any atom is -0.391 e. The molecule has 372 valence electrons. The van der Waals surface area contributed by atoms with E-state index >= 15 is 0 Å². The molecule has 0 spiro atoms. The van der Waals surface area contributed by atoms with E-state index in [1.54, 1.807) is 44.5 Å². The number of benzene rings is 3. The lowest BCUT2D eigenvalue weighted by molar-refractivity contribution is -0.151. The van der Waals surface area contributed by atoms with Gasteiger partial charge in [0.1, 0.15) is 17.4 Å². The molecule has 2 heterocycles. The highest BCUT2D eigenvalue weighted by atomic mass is 127. The molecule has 15 nitrogen and oxygen atoms in total. The van der Waals surface area contributed by atoms with Crippen LogP contribution in [-0.4, -0.2) is 101 Å². The first-order chi connectivity index (χ1) is 32.7. The quantitative estimate of drug-likeness (QED) is 0.0198. The van der Waals surface area contributed by atoms with E-state index in [0.717, 1.165) is 28.3 Å². The number of hydrogen-bond donors (Lipinski definition) is 7. The van der Waals surface area contributed by atoms with E-state index in [1.807, 2.05) is 41.6 Å². The first-order valence-corrected chi connectivity index (χ1v) is 24.5. The number of nitrogens with zero attached hydrogens (tertiary/aromatic N) is 2. The van der Waals surface area contributed by atoms with Gasteiger partial charge in [-0.1, -0.05) is 45.0 Å². The monoisotopic (exact) mass is 1090 g/mol. The molecule has 2 fully saturated rings. The molecule has 3 aromatic carbocycles. The number of alkyl halides is 1. The number of rotatable bonds is 22. The number of carbonyl (C=O) groups is 5. The maximum absolute atomic E-state index is 14.9. The zero-order chi connectivity index (χ0) is 50.3. The number of aliphatic hydroxyl groups is 1. The average Bonchev–Trinajstić information content (AvgIpc) is 3.74. The maximum atomic E-state index is 14.9. The molecule has 8 N–H and O–H groups in total. The number of nitrogens with two attached hydrogens (primary N) is 1. The Balaban J connectivity index is 1.03. The lowest BCUT2D eigenvalue weighted by Gasteiger charge is -2.44. The number of nitrogens with one attached hydrogen (secondary N) is 5. The number of aliphatic hydroxyl groups excluding tert-OH is 1. The third kappa shape index (κ3) is 12.8. The highest BCUT2D eigenvalue weighted by Gasteiger charge is 2.60. The Kier molecular flexibility index (Phi) is 17.5. The molecule has 0 radical (unpaired) electrons. The largest absolute Gasteiger partial charge is 0.391 e. The van der Waals surface area contributed by atoms with Crippen LogP contribution in [-0.2, 0) is 24.0 Å². The third-order valence-electron chi connectivity index (χ3n) is 12.3. The third-order valence-corrected chi connectivity index (χ3v) is 13.9. The number of amides is 5. The summed E-state index contributed by atoms with van der Waals surface area (Å²) in [6, 6.07) is 11.8. The second kappa shape index (κ2) is 22.7. The lowest BCUT2D eigenvalue weighted by Crippen LogP contribution is -2.65. The minimum atomic E-state index is -2.09. The van der Waals surface area contributed by atoms with Gasteiger partial charge in [0.05, 0.1) is 45.7 Å². The van der Waals surface area contributed by atoms with E-state index in [-0.39, 0.29) is 56.6 Å². The lowest BCUT2D eigenvalue weighted by atomic mass is 9.73. The van der Waals surface area contributed by atoms with E-state index in [0.29, 0.717) is 41.5 Å². The molecule has 3 unspecified atom stereocenters.